The summed E-state index contributed by atoms with van der Waals surface area (Å²) >= 11 is 0. The van der Waals surface area contributed by atoms with Crippen LogP contribution in [0.4, 0.5) is 5.69 Å². The quantitative estimate of drug-likeness (QED) is 0.843. The van der Waals surface area contributed by atoms with E-state index in [4.69, 9.17) is 4.74 Å². The van der Waals surface area contributed by atoms with Gasteiger partial charge in [-0.3, -0.25) is 0 Å². The van der Waals surface area contributed by atoms with Gasteiger partial charge in [0.2, 0.25) is 0 Å². The smallest absolute Gasteiger partial charge is 0.0469 e. The first-order chi connectivity index (χ1) is 7.77. The first-order valence-corrected chi connectivity index (χ1v) is 6.15. The van der Waals surface area contributed by atoms with Crippen molar-refractivity contribution in [2.45, 2.75) is 26.7 Å². The number of anilines is 1. The molecule has 0 amide bonds. The van der Waals surface area contributed by atoms with Gasteiger partial charge in [-0.25, -0.2) is 0 Å². The van der Waals surface area contributed by atoms with E-state index in [2.05, 4.69) is 37.4 Å². The van der Waals surface area contributed by atoms with Gasteiger partial charge in [-0.2, -0.15) is 0 Å². The molecule has 0 spiro atoms. The van der Waals surface area contributed by atoms with Crippen LogP contribution in [0.1, 0.15) is 24.0 Å². The van der Waals surface area contributed by atoms with Crippen molar-refractivity contribution < 1.29 is 4.74 Å². The molecule has 1 aliphatic heterocycles. The van der Waals surface area contributed by atoms with Gasteiger partial charge >= 0.3 is 0 Å². The van der Waals surface area contributed by atoms with Gasteiger partial charge in [0.05, 0.1) is 0 Å². The first kappa shape index (κ1) is 11.5. The highest BCUT2D eigenvalue weighted by molar-refractivity contribution is 5.56. The predicted octanol–water partition coefficient (Wildman–Crippen LogP) is 3.14. The third-order valence-electron chi connectivity index (χ3n) is 3.39. The molecule has 1 aliphatic rings. The minimum atomic E-state index is 0.771. The lowest BCUT2D eigenvalue weighted by atomic mass is 10.00. The van der Waals surface area contributed by atoms with Crippen molar-refractivity contribution in [1.29, 1.82) is 0 Å². The van der Waals surface area contributed by atoms with Crippen molar-refractivity contribution >= 4 is 5.69 Å². The summed E-state index contributed by atoms with van der Waals surface area (Å²) < 4.78 is 5.37. The second-order valence-corrected chi connectivity index (χ2v) is 4.70. The SMILES string of the molecule is Cc1cccc(C)c1NCC1CCOCC1. The van der Waals surface area contributed by atoms with E-state index >= 15 is 0 Å². The Morgan fingerprint density at radius 1 is 1.19 bits per heavy atom. The molecule has 1 aromatic carbocycles. The molecule has 0 aromatic heterocycles. The molecule has 1 saturated heterocycles. The minimum absolute atomic E-state index is 0.771. The lowest BCUT2D eigenvalue weighted by Gasteiger charge is -2.23. The number of aryl methyl sites for hydroxylation is 2. The predicted molar refractivity (Wildman–Crippen MR) is 67.9 cm³/mol. The Labute approximate surface area is 98.0 Å². The second-order valence-electron chi connectivity index (χ2n) is 4.70. The molecule has 2 nitrogen and oxygen atoms in total. The lowest BCUT2D eigenvalue weighted by molar-refractivity contribution is 0.0699. The van der Waals surface area contributed by atoms with Gasteiger partial charge < -0.3 is 10.1 Å². The highest BCUT2D eigenvalue weighted by atomic mass is 16.5. The summed E-state index contributed by atoms with van der Waals surface area (Å²) in [4.78, 5) is 0. The maximum atomic E-state index is 5.37. The molecule has 1 fully saturated rings. The number of rotatable bonds is 3. The summed E-state index contributed by atoms with van der Waals surface area (Å²) in [7, 11) is 0. The Kier molecular flexibility index (Phi) is 3.83. The van der Waals surface area contributed by atoms with Crippen molar-refractivity contribution in [1.82, 2.24) is 0 Å². The van der Waals surface area contributed by atoms with Gasteiger partial charge in [0, 0.05) is 25.4 Å². The molecule has 2 heteroatoms. The summed E-state index contributed by atoms with van der Waals surface area (Å²) in [5.41, 5.74) is 3.99. The highest BCUT2D eigenvalue weighted by Crippen LogP contribution is 2.21. The maximum absolute atomic E-state index is 5.37. The van der Waals surface area contributed by atoms with E-state index in [1.165, 1.54) is 29.7 Å². The summed E-state index contributed by atoms with van der Waals surface area (Å²) in [6.45, 7) is 7.27. The van der Waals surface area contributed by atoms with Crippen LogP contribution in [0.2, 0.25) is 0 Å². The summed E-state index contributed by atoms with van der Waals surface area (Å²) in [5.74, 6) is 0.771. The number of ether oxygens (including phenoxy) is 1. The minimum Gasteiger partial charge on any atom is -0.384 e. The zero-order valence-corrected chi connectivity index (χ0v) is 10.3. The molecule has 0 saturated carbocycles. The van der Waals surface area contributed by atoms with Crippen molar-refractivity contribution in [2.24, 2.45) is 5.92 Å². The fourth-order valence-corrected chi connectivity index (χ4v) is 2.29. The van der Waals surface area contributed by atoms with Crippen LogP contribution in [0, 0.1) is 19.8 Å². The normalized spacial score (nSPS) is 17.4. The Bertz CT molecular complexity index is 322. The molecule has 0 aliphatic carbocycles. The van der Waals surface area contributed by atoms with Crippen LogP contribution in [0.25, 0.3) is 0 Å². The van der Waals surface area contributed by atoms with Gasteiger partial charge in [0.25, 0.3) is 0 Å². The van der Waals surface area contributed by atoms with Crippen LogP contribution in [0.3, 0.4) is 0 Å². The highest BCUT2D eigenvalue weighted by Gasteiger charge is 2.13. The molecule has 1 heterocycles. The Morgan fingerprint density at radius 3 is 2.44 bits per heavy atom. The topological polar surface area (TPSA) is 21.3 Å². The summed E-state index contributed by atoms with van der Waals surface area (Å²) in [6.07, 6.45) is 2.38. The third-order valence-corrected chi connectivity index (χ3v) is 3.39. The Morgan fingerprint density at radius 2 is 1.81 bits per heavy atom. The Balaban J connectivity index is 1.93. The zero-order valence-electron chi connectivity index (χ0n) is 10.3. The van der Waals surface area contributed by atoms with Crippen LogP contribution >= 0.6 is 0 Å². The fraction of sp³-hybridized carbons (Fsp3) is 0.571. The third kappa shape index (κ3) is 2.76. The van der Waals surface area contributed by atoms with Crippen molar-refractivity contribution in [3.8, 4) is 0 Å². The van der Waals surface area contributed by atoms with Crippen LogP contribution in [0.15, 0.2) is 18.2 Å². The lowest BCUT2D eigenvalue weighted by Crippen LogP contribution is -2.23. The van der Waals surface area contributed by atoms with Gasteiger partial charge in [-0.05, 0) is 43.7 Å². The zero-order chi connectivity index (χ0) is 11.4. The number of benzene rings is 1. The molecular weight excluding hydrogens is 198 g/mol. The standard InChI is InChI=1S/C14H21NO/c1-11-4-3-5-12(2)14(11)15-10-13-6-8-16-9-7-13/h3-5,13,15H,6-10H2,1-2H3. The van der Waals surface area contributed by atoms with E-state index in [1.807, 2.05) is 0 Å². The summed E-state index contributed by atoms with van der Waals surface area (Å²) in [6, 6.07) is 6.45. The average Bonchev–Trinajstić information content (AvgIpc) is 2.30. The van der Waals surface area contributed by atoms with Crippen LogP contribution in [0.5, 0.6) is 0 Å². The molecule has 0 bridgehead atoms. The number of nitrogens with one attached hydrogen (secondary N) is 1. The number of para-hydroxylation sites is 1. The summed E-state index contributed by atoms with van der Waals surface area (Å²) in [5, 5.41) is 3.60. The van der Waals surface area contributed by atoms with E-state index in [1.54, 1.807) is 0 Å². The number of hydrogen-bond donors (Lipinski definition) is 1. The fourth-order valence-electron chi connectivity index (χ4n) is 2.29. The van der Waals surface area contributed by atoms with Crippen LogP contribution in [-0.4, -0.2) is 19.8 Å². The van der Waals surface area contributed by atoms with E-state index in [0.717, 1.165) is 25.7 Å². The molecule has 16 heavy (non-hydrogen) atoms. The molecule has 88 valence electrons. The van der Waals surface area contributed by atoms with Gasteiger partial charge in [-0.1, -0.05) is 18.2 Å². The maximum Gasteiger partial charge on any atom is 0.0469 e. The van der Waals surface area contributed by atoms with E-state index in [-0.39, 0.29) is 0 Å². The molecule has 1 aromatic rings. The van der Waals surface area contributed by atoms with E-state index in [9.17, 15) is 0 Å². The molecular formula is C14H21NO. The van der Waals surface area contributed by atoms with E-state index < -0.39 is 0 Å². The van der Waals surface area contributed by atoms with Crippen LogP contribution < -0.4 is 5.32 Å². The molecule has 0 atom stereocenters. The number of hydrogen-bond acceptors (Lipinski definition) is 2. The van der Waals surface area contributed by atoms with Gasteiger partial charge in [0.1, 0.15) is 0 Å². The van der Waals surface area contributed by atoms with Crippen molar-refractivity contribution in [3.63, 3.8) is 0 Å². The largest absolute Gasteiger partial charge is 0.384 e. The average molecular weight is 219 g/mol. The molecule has 0 unspecified atom stereocenters. The molecule has 0 radical (unpaired) electrons. The van der Waals surface area contributed by atoms with Crippen molar-refractivity contribution in [3.05, 3.63) is 29.3 Å². The van der Waals surface area contributed by atoms with Gasteiger partial charge in [-0.15, -0.1) is 0 Å². The monoisotopic (exact) mass is 219 g/mol. The Hall–Kier alpha value is -1.02. The second kappa shape index (κ2) is 5.35. The van der Waals surface area contributed by atoms with Gasteiger partial charge in [0.15, 0.2) is 0 Å². The molecule has 2 rings (SSSR count). The van der Waals surface area contributed by atoms with Crippen LogP contribution in [-0.2, 0) is 4.74 Å². The molecule has 1 N–H and O–H groups in total. The van der Waals surface area contributed by atoms with E-state index in [0.29, 0.717) is 0 Å². The first-order valence-electron chi connectivity index (χ1n) is 6.15. The van der Waals surface area contributed by atoms with Crippen molar-refractivity contribution in [2.75, 3.05) is 25.1 Å².